The third kappa shape index (κ3) is 10.7. The molecule has 6 amide bonds. The Balaban J connectivity index is 0.693. The van der Waals surface area contributed by atoms with E-state index in [1.807, 2.05) is 20.7 Å². The summed E-state index contributed by atoms with van der Waals surface area (Å²) in [4.78, 5) is 106. The highest BCUT2D eigenvalue weighted by atomic mass is 19.1. The van der Waals surface area contributed by atoms with Gasteiger partial charge in [-0.3, -0.25) is 43.7 Å². The van der Waals surface area contributed by atoms with Gasteiger partial charge in [-0.15, -0.1) is 0 Å². The Bertz CT molecular complexity index is 2660. The van der Waals surface area contributed by atoms with Crippen LogP contribution in [0.3, 0.4) is 0 Å². The van der Waals surface area contributed by atoms with Crippen LogP contribution in [0.5, 0.6) is 0 Å². The molecule has 9 rings (SSSR count). The number of carbonyl (C=O) groups excluding carboxylic acids is 7. The molecule has 1 unspecified atom stereocenters. The molecule has 0 bridgehead atoms. The maximum Gasteiger partial charge on any atom is 0.361 e. The van der Waals surface area contributed by atoms with Crippen LogP contribution in [0.15, 0.2) is 85.0 Å². The average Bonchev–Trinajstić information content (AvgIpc) is 3.98. The topological polar surface area (TPSA) is 245 Å². The number of halogens is 1. The van der Waals surface area contributed by atoms with Crippen molar-refractivity contribution in [3.8, 4) is 11.3 Å². The van der Waals surface area contributed by atoms with Crippen LogP contribution in [-0.2, 0) is 38.2 Å². The van der Waals surface area contributed by atoms with E-state index in [0.29, 0.717) is 68.1 Å². The molecule has 2 aromatic carbocycles. The van der Waals surface area contributed by atoms with Gasteiger partial charge in [0, 0.05) is 87.2 Å². The van der Waals surface area contributed by atoms with Crippen LogP contribution >= 0.6 is 0 Å². The van der Waals surface area contributed by atoms with Gasteiger partial charge in [-0.25, -0.2) is 19.2 Å². The number of nitrogens with zero attached hydrogens (tertiary/aromatic N) is 8. The first-order chi connectivity index (χ1) is 33.9. The van der Waals surface area contributed by atoms with E-state index in [1.54, 1.807) is 36.5 Å². The molecule has 4 aromatic rings. The molecule has 70 heavy (non-hydrogen) atoms. The number of aromatic nitrogens is 4. The Morgan fingerprint density at radius 2 is 1.60 bits per heavy atom. The van der Waals surface area contributed by atoms with E-state index < -0.39 is 53.5 Å². The number of nitrogens with one attached hydrogen (secondary N) is 2. The Hall–Kier alpha value is -7.39. The molecule has 7 heterocycles. The normalized spacial score (nSPS) is 20.3. The minimum Gasteiger partial charge on any atom is -0.442 e. The van der Waals surface area contributed by atoms with Gasteiger partial charge < -0.3 is 35.2 Å². The number of amides is 6. The molecular formula is C49H54FN11O9. The number of hydrogen-bond donors (Lipinski definition) is 3. The summed E-state index contributed by atoms with van der Waals surface area (Å²) in [5.41, 5.74) is 7.78. The van der Waals surface area contributed by atoms with E-state index in [1.165, 1.54) is 36.5 Å². The van der Waals surface area contributed by atoms with Crippen LogP contribution in [0.25, 0.3) is 11.3 Å². The second-order valence-electron chi connectivity index (χ2n) is 18.1. The highest BCUT2D eigenvalue weighted by Gasteiger charge is 2.44. The first kappa shape index (κ1) is 47.7. The molecule has 0 saturated carbocycles. The minimum absolute atomic E-state index is 0.0591. The monoisotopic (exact) mass is 959 g/mol. The molecule has 0 aliphatic carbocycles. The van der Waals surface area contributed by atoms with E-state index in [-0.39, 0.29) is 54.0 Å². The molecule has 5 aliphatic heterocycles. The first-order valence-corrected chi connectivity index (χ1v) is 23.7. The summed E-state index contributed by atoms with van der Waals surface area (Å²) < 4.78 is 27.4. The van der Waals surface area contributed by atoms with Gasteiger partial charge in [-0.1, -0.05) is 30.3 Å². The molecule has 0 spiro atoms. The van der Waals surface area contributed by atoms with Gasteiger partial charge in [-0.05, 0) is 69.2 Å². The quantitative estimate of drug-likeness (QED) is 0.122. The molecule has 4 saturated heterocycles. The van der Waals surface area contributed by atoms with E-state index >= 15 is 0 Å². The van der Waals surface area contributed by atoms with Crippen LogP contribution in [0.1, 0.15) is 79.6 Å². The van der Waals surface area contributed by atoms with Gasteiger partial charge >= 0.3 is 5.97 Å². The predicted molar refractivity (Wildman–Crippen MR) is 248 cm³/mol. The molecule has 5 aliphatic rings. The zero-order valence-electron chi connectivity index (χ0n) is 38.4. The lowest BCUT2D eigenvalue weighted by Gasteiger charge is -2.38. The summed E-state index contributed by atoms with van der Waals surface area (Å²) in [6.45, 7) is 5.16. The molecule has 21 heteroatoms. The zero-order chi connectivity index (χ0) is 48.9. The molecular weight excluding hydrogens is 906 g/mol. The standard InChI is InChI=1S/C49H54FN11O9/c50-33-6-8-34(9-7-33)54-46(65)43(30-4-2-1-3-5-30)70-49(68)42-44(51)52-28-37(55-42)32-27-53-60(29-32)35-14-18-57(19-15-35)24-25-69-36-16-22-59(23-17-36)47(66)31-12-20-58(21-13-31)39-26-41(63)61(48(39)67)38-10-11-40(62)56-45(38)64/h1-9,26-29,31,35-36,38,43H,10-25H2,(H2,51,52)(H,54,65)(H,56,62,64)/t38?,43-/m1/s1. The number of rotatable bonds is 14. The lowest BCUT2D eigenvalue weighted by Crippen LogP contribution is -2.55. The number of nitrogens with two attached hydrogens (primary N) is 1. The number of likely N-dealkylation sites (tertiary alicyclic amines) is 3. The number of carbonyl (C=O) groups is 7. The van der Waals surface area contributed by atoms with Crippen molar-refractivity contribution in [3.63, 3.8) is 0 Å². The fourth-order valence-corrected chi connectivity index (χ4v) is 9.71. The molecule has 4 fully saturated rings. The van der Waals surface area contributed by atoms with Crippen LogP contribution in [0.2, 0.25) is 0 Å². The van der Waals surface area contributed by atoms with Crippen molar-refractivity contribution in [2.45, 2.75) is 75.7 Å². The number of esters is 1. The fraction of sp³-hybridized carbons (Fsp3) is 0.429. The number of benzene rings is 2. The molecule has 2 aromatic heterocycles. The van der Waals surface area contributed by atoms with E-state index in [4.69, 9.17) is 15.2 Å². The van der Waals surface area contributed by atoms with Crippen LogP contribution < -0.4 is 16.4 Å². The molecule has 20 nitrogen and oxygen atoms in total. The summed E-state index contributed by atoms with van der Waals surface area (Å²) in [7, 11) is 0. The van der Waals surface area contributed by atoms with Gasteiger partial charge in [0.25, 0.3) is 17.7 Å². The number of nitrogen functional groups attached to an aromatic ring is 1. The third-order valence-electron chi connectivity index (χ3n) is 13.7. The first-order valence-electron chi connectivity index (χ1n) is 23.7. The largest absolute Gasteiger partial charge is 0.442 e. The number of ether oxygens (including phenoxy) is 2. The van der Waals surface area contributed by atoms with Crippen molar-refractivity contribution in [2.75, 3.05) is 63.5 Å². The highest BCUT2D eigenvalue weighted by Crippen LogP contribution is 2.31. The van der Waals surface area contributed by atoms with Gasteiger partial charge in [-0.2, -0.15) is 5.10 Å². The lowest BCUT2D eigenvalue weighted by molar-refractivity contribution is -0.150. The van der Waals surface area contributed by atoms with Gasteiger partial charge in [0.05, 0.1) is 36.8 Å². The Morgan fingerprint density at radius 3 is 2.31 bits per heavy atom. The average molecular weight is 960 g/mol. The summed E-state index contributed by atoms with van der Waals surface area (Å²) in [6, 6.07) is 12.8. The second kappa shape index (κ2) is 21.1. The Kier molecular flexibility index (Phi) is 14.4. The summed E-state index contributed by atoms with van der Waals surface area (Å²) in [6.07, 6.45) is 9.38. The van der Waals surface area contributed by atoms with Crippen LogP contribution in [0.4, 0.5) is 15.9 Å². The summed E-state index contributed by atoms with van der Waals surface area (Å²) in [5, 5.41) is 9.48. The van der Waals surface area contributed by atoms with Gasteiger partial charge in [0.15, 0.2) is 11.5 Å². The third-order valence-corrected chi connectivity index (χ3v) is 13.7. The van der Waals surface area contributed by atoms with Crippen LogP contribution in [0, 0.1) is 11.7 Å². The highest BCUT2D eigenvalue weighted by molar-refractivity contribution is 6.18. The van der Waals surface area contributed by atoms with Gasteiger partial charge in [0.2, 0.25) is 23.8 Å². The maximum atomic E-state index is 13.6. The molecule has 2 atom stereocenters. The fourth-order valence-electron chi connectivity index (χ4n) is 9.71. The van der Waals surface area contributed by atoms with Crippen molar-refractivity contribution >= 4 is 52.9 Å². The maximum absolute atomic E-state index is 13.6. The second-order valence-corrected chi connectivity index (χ2v) is 18.1. The smallest absolute Gasteiger partial charge is 0.361 e. The number of piperidine rings is 4. The SMILES string of the molecule is Nc1ncc(-c2cnn(C3CCN(CCOC4CCN(C(=O)C5CCN(C6=CC(=O)N(C7CCC(=O)NC7=O)C6=O)CC5)CC4)CC3)c2)nc1C(=O)O[C@@H](C(=O)Nc1ccc(F)cc1)c1ccccc1. The van der Waals surface area contributed by atoms with Crippen LogP contribution in [-0.4, -0.2) is 145 Å². The molecule has 4 N–H and O–H groups in total. The van der Waals surface area contributed by atoms with E-state index in [9.17, 15) is 38.0 Å². The molecule has 0 radical (unpaired) electrons. The van der Waals surface area contributed by atoms with Crippen molar-refractivity contribution < 1.29 is 47.4 Å². The van der Waals surface area contributed by atoms with E-state index in [0.717, 1.165) is 50.2 Å². The Labute approximate surface area is 402 Å². The summed E-state index contributed by atoms with van der Waals surface area (Å²) in [5.74, 6) is -4.50. The van der Waals surface area contributed by atoms with Crippen molar-refractivity contribution in [1.82, 2.24) is 44.7 Å². The number of imide groups is 2. The minimum atomic E-state index is -1.37. The Morgan fingerprint density at radius 1 is 0.871 bits per heavy atom. The number of hydrogen-bond acceptors (Lipinski definition) is 15. The molecule has 366 valence electrons. The number of anilines is 2. The summed E-state index contributed by atoms with van der Waals surface area (Å²) >= 11 is 0. The van der Waals surface area contributed by atoms with Crippen molar-refractivity contribution in [1.29, 1.82) is 0 Å². The van der Waals surface area contributed by atoms with Gasteiger partial charge in [0.1, 0.15) is 17.6 Å². The van der Waals surface area contributed by atoms with Crippen molar-refractivity contribution in [2.24, 2.45) is 5.92 Å². The van der Waals surface area contributed by atoms with Crippen molar-refractivity contribution in [3.05, 3.63) is 102 Å². The lowest BCUT2D eigenvalue weighted by atomic mass is 9.93. The zero-order valence-corrected chi connectivity index (χ0v) is 38.4. The predicted octanol–water partition coefficient (Wildman–Crippen LogP) is 3.01. The van der Waals surface area contributed by atoms with E-state index in [2.05, 4.69) is 30.6 Å².